The van der Waals surface area contributed by atoms with Gasteiger partial charge >= 0.3 is 0 Å². The largest absolute Gasteiger partial charge is 0.362 e. The highest BCUT2D eigenvalue weighted by Gasteiger charge is 2.18. The molecular weight excluding hydrogens is 245 g/mol. The molecule has 1 saturated heterocycles. The number of likely N-dealkylation sites (N-methyl/N-ethyl adjacent to an activating group) is 1. The molecule has 0 aliphatic carbocycles. The van der Waals surface area contributed by atoms with Crippen LogP contribution in [0.5, 0.6) is 0 Å². The molecule has 4 nitrogen and oxygen atoms in total. The predicted molar refractivity (Wildman–Crippen MR) is 73.7 cm³/mol. The van der Waals surface area contributed by atoms with E-state index in [2.05, 4.69) is 5.32 Å². The third-order valence-electron chi connectivity index (χ3n) is 3.35. The maximum atomic E-state index is 13.2. The number of piperazine rings is 1. The first kappa shape index (κ1) is 13.8. The number of nitrogens with one attached hydrogen (secondary N) is 1. The molecule has 0 unspecified atom stereocenters. The van der Waals surface area contributed by atoms with E-state index in [1.807, 2.05) is 22.8 Å². The van der Waals surface area contributed by atoms with Crippen LogP contribution in [-0.4, -0.2) is 50.1 Å². The van der Waals surface area contributed by atoms with Gasteiger partial charge in [-0.1, -0.05) is 6.07 Å². The first-order valence-corrected chi connectivity index (χ1v) is 6.69. The summed E-state index contributed by atoms with van der Waals surface area (Å²) in [7, 11) is 0. The third kappa shape index (κ3) is 3.67. The van der Waals surface area contributed by atoms with Crippen LogP contribution in [0.2, 0.25) is 0 Å². The molecule has 19 heavy (non-hydrogen) atoms. The summed E-state index contributed by atoms with van der Waals surface area (Å²) in [5.74, 6) is -0.168. The lowest BCUT2D eigenvalue weighted by atomic mass is 10.2. The van der Waals surface area contributed by atoms with E-state index in [0.717, 1.165) is 31.9 Å². The Bertz CT molecular complexity index is 432. The maximum absolute atomic E-state index is 13.2. The van der Waals surface area contributed by atoms with Crippen molar-refractivity contribution in [2.24, 2.45) is 0 Å². The van der Waals surface area contributed by atoms with Crippen molar-refractivity contribution < 1.29 is 9.18 Å². The lowest BCUT2D eigenvalue weighted by Crippen LogP contribution is -2.49. The zero-order valence-electron chi connectivity index (χ0n) is 11.2. The fourth-order valence-corrected chi connectivity index (χ4v) is 2.24. The molecule has 0 bridgehead atoms. The van der Waals surface area contributed by atoms with Crippen molar-refractivity contribution in [1.82, 2.24) is 10.2 Å². The van der Waals surface area contributed by atoms with E-state index >= 15 is 0 Å². The summed E-state index contributed by atoms with van der Waals surface area (Å²) in [6, 6.07) is 6.38. The van der Waals surface area contributed by atoms with Gasteiger partial charge in [-0.15, -0.1) is 0 Å². The monoisotopic (exact) mass is 265 g/mol. The van der Waals surface area contributed by atoms with Gasteiger partial charge in [0.25, 0.3) is 0 Å². The van der Waals surface area contributed by atoms with Crippen molar-refractivity contribution in [2.75, 3.05) is 44.2 Å². The van der Waals surface area contributed by atoms with Crippen molar-refractivity contribution in [1.29, 1.82) is 0 Å². The number of carbonyl (C=O) groups is 1. The van der Waals surface area contributed by atoms with Crippen LogP contribution >= 0.6 is 0 Å². The molecule has 5 heteroatoms. The molecule has 1 fully saturated rings. The Morgan fingerprint density at radius 2 is 2.16 bits per heavy atom. The second-order valence-electron chi connectivity index (χ2n) is 4.62. The smallest absolute Gasteiger partial charge is 0.242 e. The van der Waals surface area contributed by atoms with Crippen molar-refractivity contribution in [3.8, 4) is 0 Å². The fraction of sp³-hybridized carbons (Fsp3) is 0.500. The Balaban J connectivity index is 2.00. The number of hydrogen-bond donors (Lipinski definition) is 1. The fourth-order valence-electron chi connectivity index (χ4n) is 2.24. The number of rotatable bonds is 4. The van der Waals surface area contributed by atoms with E-state index in [4.69, 9.17) is 0 Å². The second kappa shape index (κ2) is 6.52. The van der Waals surface area contributed by atoms with Crippen LogP contribution in [-0.2, 0) is 4.79 Å². The number of anilines is 1. The summed E-state index contributed by atoms with van der Waals surface area (Å²) in [6.07, 6.45) is 0. The van der Waals surface area contributed by atoms with E-state index in [9.17, 15) is 9.18 Å². The van der Waals surface area contributed by atoms with Crippen LogP contribution in [0.15, 0.2) is 24.3 Å². The molecular formula is C14H20FN3O. The van der Waals surface area contributed by atoms with Gasteiger partial charge in [-0.25, -0.2) is 4.39 Å². The lowest BCUT2D eigenvalue weighted by Gasteiger charge is -2.30. The Labute approximate surface area is 113 Å². The zero-order valence-corrected chi connectivity index (χ0v) is 11.2. The van der Waals surface area contributed by atoms with Gasteiger partial charge in [-0.3, -0.25) is 4.79 Å². The average molecular weight is 265 g/mol. The van der Waals surface area contributed by atoms with E-state index in [0.29, 0.717) is 13.1 Å². The quantitative estimate of drug-likeness (QED) is 0.885. The summed E-state index contributed by atoms with van der Waals surface area (Å²) in [5.41, 5.74) is 0.756. The molecule has 1 aliphatic heterocycles. The molecule has 1 aromatic rings. The highest BCUT2D eigenvalue weighted by atomic mass is 19.1. The lowest BCUT2D eigenvalue weighted by molar-refractivity contribution is -0.130. The number of halogens is 1. The van der Waals surface area contributed by atoms with Crippen LogP contribution < -0.4 is 10.2 Å². The third-order valence-corrected chi connectivity index (χ3v) is 3.35. The summed E-state index contributed by atoms with van der Waals surface area (Å²) < 4.78 is 13.2. The van der Waals surface area contributed by atoms with E-state index < -0.39 is 0 Å². The van der Waals surface area contributed by atoms with E-state index in [-0.39, 0.29) is 11.7 Å². The van der Waals surface area contributed by atoms with Crippen LogP contribution in [0, 0.1) is 5.82 Å². The van der Waals surface area contributed by atoms with E-state index in [1.54, 1.807) is 6.07 Å². The predicted octanol–water partition coefficient (Wildman–Crippen LogP) is 1.08. The molecule has 1 aliphatic rings. The van der Waals surface area contributed by atoms with Crippen molar-refractivity contribution in [2.45, 2.75) is 6.92 Å². The Hall–Kier alpha value is -1.62. The van der Waals surface area contributed by atoms with Crippen LogP contribution in [0.3, 0.4) is 0 Å². The molecule has 1 amide bonds. The van der Waals surface area contributed by atoms with Gasteiger partial charge in [0.05, 0.1) is 6.54 Å². The molecule has 104 valence electrons. The van der Waals surface area contributed by atoms with Gasteiger partial charge in [-0.2, -0.15) is 0 Å². The zero-order chi connectivity index (χ0) is 13.7. The Kier molecular flexibility index (Phi) is 4.74. The number of hydrogen-bond acceptors (Lipinski definition) is 3. The van der Waals surface area contributed by atoms with Crippen LogP contribution in [0.4, 0.5) is 10.1 Å². The highest BCUT2D eigenvalue weighted by Crippen LogP contribution is 2.15. The summed E-state index contributed by atoms with van der Waals surface area (Å²) in [4.78, 5) is 15.9. The first-order chi connectivity index (χ1) is 9.20. The van der Waals surface area contributed by atoms with Crippen LogP contribution in [0.1, 0.15) is 6.92 Å². The van der Waals surface area contributed by atoms with Crippen molar-refractivity contribution in [3.05, 3.63) is 30.1 Å². The maximum Gasteiger partial charge on any atom is 0.242 e. The molecule has 1 heterocycles. The standard InChI is InChI=1S/C14H20FN3O/c1-2-17(13-5-3-4-12(15)10-13)11-14(19)18-8-6-16-7-9-18/h3-5,10,16H,2,6-9,11H2,1H3. The van der Waals surface area contributed by atoms with Gasteiger partial charge < -0.3 is 15.1 Å². The Morgan fingerprint density at radius 3 is 2.79 bits per heavy atom. The molecule has 0 aromatic heterocycles. The Morgan fingerprint density at radius 1 is 1.42 bits per heavy atom. The van der Waals surface area contributed by atoms with E-state index in [1.165, 1.54) is 12.1 Å². The minimum Gasteiger partial charge on any atom is -0.362 e. The molecule has 0 atom stereocenters. The van der Waals surface area contributed by atoms with Gasteiger partial charge in [-0.05, 0) is 25.1 Å². The molecule has 1 aromatic carbocycles. The average Bonchev–Trinajstić information content (AvgIpc) is 2.45. The van der Waals surface area contributed by atoms with Crippen LogP contribution in [0.25, 0.3) is 0 Å². The minimum atomic E-state index is -0.273. The molecule has 0 saturated carbocycles. The van der Waals surface area contributed by atoms with Crippen molar-refractivity contribution >= 4 is 11.6 Å². The number of benzene rings is 1. The van der Waals surface area contributed by atoms with Gasteiger partial charge in [0.15, 0.2) is 0 Å². The molecule has 1 N–H and O–H groups in total. The highest BCUT2D eigenvalue weighted by molar-refractivity contribution is 5.81. The number of carbonyl (C=O) groups excluding carboxylic acids is 1. The van der Waals surface area contributed by atoms with Crippen molar-refractivity contribution in [3.63, 3.8) is 0 Å². The minimum absolute atomic E-state index is 0.104. The molecule has 0 spiro atoms. The summed E-state index contributed by atoms with van der Waals surface area (Å²) >= 11 is 0. The number of amides is 1. The molecule has 2 rings (SSSR count). The SMILES string of the molecule is CCN(CC(=O)N1CCNCC1)c1cccc(F)c1. The second-order valence-corrected chi connectivity index (χ2v) is 4.62. The topological polar surface area (TPSA) is 35.6 Å². The summed E-state index contributed by atoms with van der Waals surface area (Å²) in [5, 5.41) is 3.22. The summed E-state index contributed by atoms with van der Waals surface area (Å²) in [6.45, 7) is 6.14. The molecule has 0 radical (unpaired) electrons. The van der Waals surface area contributed by atoms with Gasteiger partial charge in [0, 0.05) is 38.4 Å². The number of nitrogens with zero attached hydrogens (tertiary/aromatic N) is 2. The van der Waals surface area contributed by atoms with Gasteiger partial charge in [0.1, 0.15) is 5.82 Å². The first-order valence-electron chi connectivity index (χ1n) is 6.69. The normalized spacial score (nSPS) is 15.4. The van der Waals surface area contributed by atoms with Gasteiger partial charge in [0.2, 0.25) is 5.91 Å².